The topological polar surface area (TPSA) is 30.3 Å². The zero-order chi connectivity index (χ0) is 15.1. The number of nitriles is 1. The largest absolute Gasteiger partial charge is 0.372 e. The number of anilines is 2. The number of rotatable bonds is 7. The van der Waals surface area contributed by atoms with Crippen LogP contribution in [0.2, 0.25) is 0 Å². The average molecular weight is 273 g/mol. The van der Waals surface area contributed by atoms with Gasteiger partial charge in [0.15, 0.2) is 0 Å². The van der Waals surface area contributed by atoms with Gasteiger partial charge in [-0.25, -0.2) is 0 Å². The Balaban J connectivity index is 3.20. The van der Waals surface area contributed by atoms with Crippen molar-refractivity contribution in [1.82, 2.24) is 0 Å². The van der Waals surface area contributed by atoms with Crippen molar-refractivity contribution in [1.29, 1.82) is 5.26 Å². The Labute approximate surface area is 123 Å². The van der Waals surface area contributed by atoms with E-state index < -0.39 is 0 Å². The number of hydrogen-bond donors (Lipinski definition) is 0. The summed E-state index contributed by atoms with van der Waals surface area (Å²) in [7, 11) is 0. The molecule has 3 nitrogen and oxygen atoms in total. The first-order valence-corrected chi connectivity index (χ1v) is 7.57. The molecule has 0 aliphatic carbocycles. The first-order chi connectivity index (χ1) is 9.58. The van der Waals surface area contributed by atoms with Crippen LogP contribution in [0, 0.1) is 25.2 Å². The summed E-state index contributed by atoms with van der Waals surface area (Å²) in [4.78, 5) is 4.67. The van der Waals surface area contributed by atoms with Crippen molar-refractivity contribution in [3.8, 4) is 6.07 Å². The van der Waals surface area contributed by atoms with E-state index in [1.807, 2.05) is 0 Å². The molecule has 110 valence electrons. The molecule has 0 saturated heterocycles. The Kier molecular flexibility index (Phi) is 6.38. The summed E-state index contributed by atoms with van der Waals surface area (Å²) < 4.78 is 0. The Hall–Kier alpha value is -1.69. The Morgan fingerprint density at radius 2 is 1.60 bits per heavy atom. The number of benzene rings is 1. The van der Waals surface area contributed by atoms with E-state index in [1.54, 1.807) is 0 Å². The second-order valence-electron chi connectivity index (χ2n) is 5.07. The van der Waals surface area contributed by atoms with Crippen molar-refractivity contribution in [2.45, 2.75) is 41.0 Å². The predicted molar refractivity (Wildman–Crippen MR) is 87.6 cm³/mol. The predicted octanol–water partition coefficient (Wildman–Crippen LogP) is 3.89. The molecule has 0 atom stereocenters. The van der Waals surface area contributed by atoms with Crippen molar-refractivity contribution in [3.63, 3.8) is 0 Å². The fourth-order valence-corrected chi connectivity index (χ4v) is 2.56. The summed E-state index contributed by atoms with van der Waals surface area (Å²) in [5.74, 6) is 0. The minimum absolute atomic E-state index is 0.571. The van der Waals surface area contributed by atoms with Crippen molar-refractivity contribution in [3.05, 3.63) is 23.3 Å². The van der Waals surface area contributed by atoms with E-state index in [9.17, 15) is 0 Å². The van der Waals surface area contributed by atoms with Crippen LogP contribution in [0.5, 0.6) is 0 Å². The lowest BCUT2D eigenvalue weighted by molar-refractivity contribution is 0.818. The van der Waals surface area contributed by atoms with Crippen LogP contribution in [0.4, 0.5) is 11.4 Å². The number of hydrogen-bond acceptors (Lipinski definition) is 3. The third kappa shape index (κ3) is 3.66. The summed E-state index contributed by atoms with van der Waals surface area (Å²) >= 11 is 0. The fraction of sp³-hybridized carbons (Fsp3) is 0.588. The molecule has 1 aromatic carbocycles. The van der Waals surface area contributed by atoms with Crippen LogP contribution in [-0.2, 0) is 0 Å². The molecule has 0 amide bonds. The van der Waals surface area contributed by atoms with E-state index in [0.29, 0.717) is 6.42 Å². The summed E-state index contributed by atoms with van der Waals surface area (Å²) in [6.07, 6.45) is 0.571. The van der Waals surface area contributed by atoms with Crippen molar-refractivity contribution >= 4 is 11.4 Å². The van der Waals surface area contributed by atoms with Gasteiger partial charge in [0.1, 0.15) is 0 Å². The summed E-state index contributed by atoms with van der Waals surface area (Å²) in [6.45, 7) is 14.6. The Bertz CT molecular complexity index is 470. The van der Waals surface area contributed by atoms with E-state index in [0.717, 1.165) is 26.2 Å². The van der Waals surface area contributed by atoms with E-state index in [1.165, 1.54) is 22.5 Å². The highest BCUT2D eigenvalue weighted by Gasteiger charge is 2.13. The lowest BCUT2D eigenvalue weighted by Gasteiger charge is -2.29. The van der Waals surface area contributed by atoms with Crippen LogP contribution in [0.15, 0.2) is 12.1 Å². The van der Waals surface area contributed by atoms with Crippen LogP contribution >= 0.6 is 0 Å². The number of nitrogens with zero attached hydrogens (tertiary/aromatic N) is 3. The zero-order valence-corrected chi connectivity index (χ0v) is 13.5. The second kappa shape index (κ2) is 7.79. The second-order valence-corrected chi connectivity index (χ2v) is 5.07. The normalized spacial score (nSPS) is 10.2. The summed E-state index contributed by atoms with van der Waals surface area (Å²) in [5, 5.41) is 8.82. The van der Waals surface area contributed by atoms with Gasteiger partial charge in [-0.05, 0) is 57.9 Å². The zero-order valence-electron chi connectivity index (χ0n) is 13.5. The van der Waals surface area contributed by atoms with Crippen LogP contribution in [0.25, 0.3) is 0 Å². The molecule has 0 aliphatic heterocycles. The lowest BCUT2D eigenvalue weighted by Crippen LogP contribution is -2.26. The van der Waals surface area contributed by atoms with Crippen molar-refractivity contribution in [2.75, 3.05) is 36.0 Å². The SMILES string of the molecule is CCN(CC)c1cc(C)c(C)c(N(CC)CCC#N)c1. The van der Waals surface area contributed by atoms with Crippen LogP contribution in [-0.4, -0.2) is 26.2 Å². The molecular formula is C17H27N3. The molecule has 20 heavy (non-hydrogen) atoms. The van der Waals surface area contributed by atoms with E-state index >= 15 is 0 Å². The first-order valence-electron chi connectivity index (χ1n) is 7.57. The molecule has 0 aliphatic rings. The van der Waals surface area contributed by atoms with Crippen LogP contribution < -0.4 is 9.80 Å². The monoisotopic (exact) mass is 273 g/mol. The van der Waals surface area contributed by atoms with E-state index in [4.69, 9.17) is 5.26 Å². The molecule has 0 spiro atoms. The van der Waals surface area contributed by atoms with Crippen molar-refractivity contribution < 1.29 is 0 Å². The third-order valence-corrected chi connectivity index (χ3v) is 3.97. The Morgan fingerprint density at radius 1 is 1.00 bits per heavy atom. The molecular weight excluding hydrogens is 246 g/mol. The smallest absolute Gasteiger partial charge is 0.0640 e. The highest BCUT2D eigenvalue weighted by atomic mass is 15.1. The van der Waals surface area contributed by atoms with Gasteiger partial charge in [0.2, 0.25) is 0 Å². The summed E-state index contributed by atoms with van der Waals surface area (Å²) in [5.41, 5.74) is 5.19. The van der Waals surface area contributed by atoms with Gasteiger partial charge in [-0.3, -0.25) is 0 Å². The quantitative estimate of drug-likeness (QED) is 0.755. The van der Waals surface area contributed by atoms with Gasteiger partial charge in [0.05, 0.1) is 12.5 Å². The summed E-state index contributed by atoms with van der Waals surface area (Å²) in [6, 6.07) is 6.79. The number of aryl methyl sites for hydroxylation is 1. The molecule has 0 fully saturated rings. The maximum absolute atomic E-state index is 8.82. The molecule has 0 heterocycles. The molecule has 3 heteroatoms. The van der Waals surface area contributed by atoms with Gasteiger partial charge in [0, 0.05) is 37.6 Å². The maximum Gasteiger partial charge on any atom is 0.0640 e. The van der Waals surface area contributed by atoms with Gasteiger partial charge in [0.25, 0.3) is 0 Å². The van der Waals surface area contributed by atoms with Gasteiger partial charge < -0.3 is 9.80 Å². The van der Waals surface area contributed by atoms with E-state index in [2.05, 4.69) is 62.6 Å². The molecule has 0 radical (unpaired) electrons. The van der Waals surface area contributed by atoms with Crippen LogP contribution in [0.3, 0.4) is 0 Å². The van der Waals surface area contributed by atoms with Crippen LogP contribution in [0.1, 0.15) is 38.3 Å². The molecule has 0 aromatic heterocycles. The standard InChI is InChI=1S/C17H27N3/c1-6-19(7-2)16-12-14(4)15(5)17(13-16)20(8-3)11-9-10-18/h12-13H,6-9,11H2,1-5H3. The molecule has 0 N–H and O–H groups in total. The highest BCUT2D eigenvalue weighted by molar-refractivity contribution is 5.66. The minimum Gasteiger partial charge on any atom is -0.372 e. The van der Waals surface area contributed by atoms with Gasteiger partial charge in [-0.15, -0.1) is 0 Å². The van der Waals surface area contributed by atoms with Gasteiger partial charge in [-0.1, -0.05) is 0 Å². The lowest BCUT2D eigenvalue weighted by atomic mass is 10.0. The van der Waals surface area contributed by atoms with E-state index in [-0.39, 0.29) is 0 Å². The minimum atomic E-state index is 0.571. The average Bonchev–Trinajstić information content (AvgIpc) is 2.45. The highest BCUT2D eigenvalue weighted by Crippen LogP contribution is 2.29. The third-order valence-electron chi connectivity index (χ3n) is 3.97. The molecule has 0 bridgehead atoms. The van der Waals surface area contributed by atoms with Gasteiger partial charge in [-0.2, -0.15) is 5.26 Å². The van der Waals surface area contributed by atoms with Crippen molar-refractivity contribution in [2.24, 2.45) is 0 Å². The maximum atomic E-state index is 8.82. The van der Waals surface area contributed by atoms with Gasteiger partial charge >= 0.3 is 0 Å². The molecule has 1 rings (SSSR count). The fourth-order valence-electron chi connectivity index (χ4n) is 2.56. The first kappa shape index (κ1) is 16.4. The Morgan fingerprint density at radius 3 is 2.10 bits per heavy atom. The molecule has 1 aromatic rings. The molecule has 0 unspecified atom stereocenters. The molecule has 0 saturated carbocycles.